The van der Waals surface area contributed by atoms with Crippen molar-refractivity contribution in [1.29, 1.82) is 5.26 Å². The highest BCUT2D eigenvalue weighted by Crippen LogP contribution is 2.02. The van der Waals surface area contributed by atoms with Crippen LogP contribution in [0.25, 0.3) is 0 Å². The highest BCUT2D eigenvalue weighted by molar-refractivity contribution is 5.71. The van der Waals surface area contributed by atoms with Gasteiger partial charge < -0.3 is 4.74 Å². The van der Waals surface area contributed by atoms with Gasteiger partial charge in [0.25, 0.3) is 0 Å². The smallest absolute Gasteiger partial charge is 0.319 e. The third kappa shape index (κ3) is 3.71. The van der Waals surface area contributed by atoms with Crippen LogP contribution in [0.4, 0.5) is 0 Å². The van der Waals surface area contributed by atoms with Gasteiger partial charge in [-0.15, -0.1) is 0 Å². The second-order valence-corrected chi connectivity index (χ2v) is 3.40. The van der Waals surface area contributed by atoms with Gasteiger partial charge in [-0.3, -0.25) is 14.4 Å². The number of nitrogens with zero attached hydrogens (tertiary/aromatic N) is 4. The summed E-state index contributed by atoms with van der Waals surface area (Å²) in [5.41, 5.74) is 0.960. The summed E-state index contributed by atoms with van der Waals surface area (Å²) in [4.78, 5) is 12.8. The van der Waals surface area contributed by atoms with Gasteiger partial charge >= 0.3 is 5.97 Å². The molecule has 0 aliphatic rings. The maximum atomic E-state index is 11.1. The SMILES string of the molecule is COC(=O)CN(CC#N)Cc1cnn(C)c1. The molecule has 0 fully saturated rings. The Kier molecular flexibility index (Phi) is 4.48. The van der Waals surface area contributed by atoms with Crippen molar-refractivity contribution >= 4 is 5.97 Å². The molecular weight excluding hydrogens is 208 g/mol. The lowest BCUT2D eigenvalue weighted by Crippen LogP contribution is -2.30. The molecule has 0 atom stereocenters. The second kappa shape index (κ2) is 5.88. The van der Waals surface area contributed by atoms with E-state index in [0.717, 1.165) is 5.56 Å². The maximum absolute atomic E-state index is 11.1. The van der Waals surface area contributed by atoms with Gasteiger partial charge in [0.1, 0.15) is 0 Å². The molecule has 0 radical (unpaired) electrons. The standard InChI is InChI=1S/C10H14N4O2/c1-13-6-9(5-12-13)7-14(4-3-11)8-10(15)16-2/h5-6H,4,7-8H2,1-2H3. The maximum Gasteiger partial charge on any atom is 0.319 e. The van der Waals surface area contributed by atoms with E-state index in [9.17, 15) is 4.79 Å². The van der Waals surface area contributed by atoms with Gasteiger partial charge in [-0.2, -0.15) is 10.4 Å². The molecule has 1 rings (SSSR count). The molecule has 1 aromatic heterocycles. The van der Waals surface area contributed by atoms with Crippen molar-refractivity contribution in [2.75, 3.05) is 20.2 Å². The highest BCUT2D eigenvalue weighted by Gasteiger charge is 2.11. The summed E-state index contributed by atoms with van der Waals surface area (Å²) in [5, 5.41) is 12.7. The van der Waals surface area contributed by atoms with E-state index >= 15 is 0 Å². The van der Waals surface area contributed by atoms with Crippen LogP contribution in [-0.2, 0) is 23.1 Å². The fraction of sp³-hybridized carbons (Fsp3) is 0.500. The Morgan fingerprint density at radius 2 is 2.50 bits per heavy atom. The van der Waals surface area contributed by atoms with Crippen LogP contribution in [0, 0.1) is 11.3 Å². The van der Waals surface area contributed by atoms with E-state index in [2.05, 4.69) is 9.84 Å². The third-order valence-electron chi connectivity index (χ3n) is 2.04. The molecule has 86 valence electrons. The zero-order valence-corrected chi connectivity index (χ0v) is 9.38. The minimum absolute atomic E-state index is 0.110. The van der Waals surface area contributed by atoms with E-state index in [1.54, 1.807) is 15.8 Å². The molecule has 1 aromatic rings. The van der Waals surface area contributed by atoms with E-state index in [1.807, 2.05) is 19.3 Å². The first kappa shape index (κ1) is 12.2. The molecule has 0 aliphatic carbocycles. The van der Waals surface area contributed by atoms with Gasteiger partial charge in [0.2, 0.25) is 0 Å². The Labute approximate surface area is 94.0 Å². The Morgan fingerprint density at radius 1 is 1.75 bits per heavy atom. The van der Waals surface area contributed by atoms with Gasteiger partial charge in [-0.25, -0.2) is 0 Å². The van der Waals surface area contributed by atoms with Crippen molar-refractivity contribution in [3.63, 3.8) is 0 Å². The predicted molar refractivity (Wildman–Crippen MR) is 56.1 cm³/mol. The zero-order chi connectivity index (χ0) is 12.0. The average molecular weight is 222 g/mol. The monoisotopic (exact) mass is 222 g/mol. The molecule has 0 spiro atoms. The van der Waals surface area contributed by atoms with Gasteiger partial charge in [0.15, 0.2) is 0 Å². The van der Waals surface area contributed by atoms with Gasteiger partial charge in [-0.1, -0.05) is 0 Å². The fourth-order valence-electron chi connectivity index (χ4n) is 1.33. The Hall–Kier alpha value is -1.87. The average Bonchev–Trinajstić information content (AvgIpc) is 2.64. The summed E-state index contributed by atoms with van der Waals surface area (Å²) in [7, 11) is 3.15. The lowest BCUT2D eigenvalue weighted by Gasteiger charge is -2.16. The first-order chi connectivity index (χ1) is 7.65. The molecule has 0 unspecified atom stereocenters. The van der Waals surface area contributed by atoms with Crippen LogP contribution in [0.2, 0.25) is 0 Å². The van der Waals surface area contributed by atoms with E-state index in [4.69, 9.17) is 5.26 Å². The van der Waals surface area contributed by atoms with Crippen molar-refractivity contribution in [1.82, 2.24) is 14.7 Å². The largest absolute Gasteiger partial charge is 0.468 e. The zero-order valence-electron chi connectivity index (χ0n) is 9.38. The molecule has 0 amide bonds. The fourth-order valence-corrected chi connectivity index (χ4v) is 1.33. The van der Waals surface area contributed by atoms with Crippen LogP contribution < -0.4 is 0 Å². The molecule has 0 bridgehead atoms. The lowest BCUT2D eigenvalue weighted by atomic mass is 10.3. The minimum atomic E-state index is -0.348. The number of esters is 1. The van der Waals surface area contributed by atoms with Crippen LogP contribution in [0.3, 0.4) is 0 Å². The number of rotatable bonds is 5. The van der Waals surface area contributed by atoms with Crippen molar-refractivity contribution in [3.8, 4) is 6.07 Å². The number of carbonyl (C=O) groups is 1. The van der Waals surface area contributed by atoms with E-state index in [0.29, 0.717) is 6.54 Å². The summed E-state index contributed by atoms with van der Waals surface area (Å²) in [6.45, 7) is 0.805. The number of ether oxygens (including phenoxy) is 1. The topological polar surface area (TPSA) is 71.2 Å². The van der Waals surface area contributed by atoms with Crippen molar-refractivity contribution in [3.05, 3.63) is 18.0 Å². The molecule has 0 N–H and O–H groups in total. The van der Waals surface area contributed by atoms with E-state index < -0.39 is 0 Å². The van der Waals surface area contributed by atoms with Crippen LogP contribution in [-0.4, -0.2) is 40.8 Å². The van der Waals surface area contributed by atoms with Crippen molar-refractivity contribution < 1.29 is 9.53 Å². The lowest BCUT2D eigenvalue weighted by molar-refractivity contribution is -0.141. The first-order valence-electron chi connectivity index (χ1n) is 4.79. The van der Waals surface area contributed by atoms with Crippen LogP contribution >= 0.6 is 0 Å². The van der Waals surface area contributed by atoms with Crippen molar-refractivity contribution in [2.45, 2.75) is 6.54 Å². The Bertz CT molecular complexity index is 394. The minimum Gasteiger partial charge on any atom is -0.468 e. The van der Waals surface area contributed by atoms with Gasteiger partial charge in [0.05, 0.1) is 32.5 Å². The number of methoxy groups -OCH3 is 1. The van der Waals surface area contributed by atoms with Crippen LogP contribution in [0.1, 0.15) is 5.56 Å². The Balaban J connectivity index is 2.57. The van der Waals surface area contributed by atoms with E-state index in [1.165, 1.54) is 7.11 Å². The number of hydrogen-bond donors (Lipinski definition) is 0. The number of aromatic nitrogens is 2. The Morgan fingerprint density at radius 3 is 3.00 bits per heavy atom. The molecule has 16 heavy (non-hydrogen) atoms. The highest BCUT2D eigenvalue weighted by atomic mass is 16.5. The summed E-state index contributed by atoms with van der Waals surface area (Å²) in [5.74, 6) is -0.348. The number of aryl methyl sites for hydroxylation is 1. The molecule has 1 heterocycles. The molecular formula is C10H14N4O2. The molecule has 6 heteroatoms. The summed E-state index contributed by atoms with van der Waals surface area (Å²) >= 11 is 0. The van der Waals surface area contributed by atoms with Crippen LogP contribution in [0.15, 0.2) is 12.4 Å². The van der Waals surface area contributed by atoms with Crippen LogP contribution in [0.5, 0.6) is 0 Å². The quantitative estimate of drug-likeness (QED) is 0.514. The molecule has 6 nitrogen and oxygen atoms in total. The molecule has 0 aromatic carbocycles. The number of carbonyl (C=O) groups excluding carboxylic acids is 1. The predicted octanol–water partition coefficient (Wildman–Crippen LogP) is -0.0813. The van der Waals surface area contributed by atoms with E-state index in [-0.39, 0.29) is 19.1 Å². The normalized spacial score (nSPS) is 10.1. The molecule has 0 aliphatic heterocycles. The number of nitriles is 1. The number of hydrogen-bond acceptors (Lipinski definition) is 5. The molecule has 0 saturated heterocycles. The third-order valence-corrected chi connectivity index (χ3v) is 2.04. The summed E-state index contributed by atoms with van der Waals surface area (Å²) < 4.78 is 6.24. The van der Waals surface area contributed by atoms with Crippen molar-refractivity contribution in [2.24, 2.45) is 7.05 Å². The van der Waals surface area contributed by atoms with Gasteiger partial charge in [0, 0.05) is 25.4 Å². The molecule has 0 saturated carbocycles. The first-order valence-corrected chi connectivity index (χ1v) is 4.79. The summed E-state index contributed by atoms with van der Waals surface area (Å²) in [6, 6.07) is 2.02. The van der Waals surface area contributed by atoms with Gasteiger partial charge in [-0.05, 0) is 0 Å². The second-order valence-electron chi connectivity index (χ2n) is 3.40. The summed E-state index contributed by atoms with van der Waals surface area (Å²) in [6.07, 6.45) is 3.56.